The fourth-order valence-corrected chi connectivity index (χ4v) is 2.73. The maximum atomic E-state index is 9.04. The van der Waals surface area contributed by atoms with Gasteiger partial charge in [0.1, 0.15) is 12.4 Å². The minimum absolute atomic E-state index is 0.476. The summed E-state index contributed by atoms with van der Waals surface area (Å²) in [6.45, 7) is 8.20. The van der Waals surface area contributed by atoms with E-state index >= 15 is 0 Å². The summed E-state index contributed by atoms with van der Waals surface area (Å²) in [6, 6.07) is 8.01. The Morgan fingerprint density at radius 2 is 1.71 bits per heavy atom. The van der Waals surface area contributed by atoms with Crippen molar-refractivity contribution in [1.29, 1.82) is 0 Å². The molecule has 0 amide bonds. The van der Waals surface area contributed by atoms with Crippen LogP contribution in [0.2, 0.25) is 0 Å². The highest BCUT2D eigenvalue weighted by molar-refractivity contribution is 6.58. The van der Waals surface area contributed by atoms with Crippen LogP contribution < -0.4 is 10.2 Å². The average Bonchev–Trinajstić information content (AvgIpc) is 2.45. The zero-order chi connectivity index (χ0) is 15.4. The Morgan fingerprint density at radius 1 is 1.14 bits per heavy atom. The maximum absolute atomic E-state index is 9.04. The predicted octanol–water partition coefficient (Wildman–Crippen LogP) is -0.230. The number of hydrogen-bond donors (Lipinski definition) is 2. The molecule has 116 valence electrons. The van der Waals surface area contributed by atoms with Crippen LogP contribution in [0.4, 0.5) is 0 Å². The van der Waals surface area contributed by atoms with Crippen molar-refractivity contribution in [2.75, 3.05) is 33.3 Å². The summed E-state index contributed by atoms with van der Waals surface area (Å²) >= 11 is 0. The van der Waals surface area contributed by atoms with Crippen molar-refractivity contribution in [3.8, 4) is 5.75 Å². The Hall–Kier alpha value is -1.08. The van der Waals surface area contributed by atoms with Crippen molar-refractivity contribution in [2.45, 2.75) is 25.9 Å². The number of ether oxygens (including phenoxy) is 1. The second-order valence-electron chi connectivity index (χ2n) is 5.91. The lowest BCUT2D eigenvalue weighted by atomic mass is 9.80. The van der Waals surface area contributed by atoms with Gasteiger partial charge in [0.05, 0.1) is 0 Å². The first-order chi connectivity index (χ1) is 9.97. The normalized spacial score (nSPS) is 24.0. The van der Waals surface area contributed by atoms with Crippen LogP contribution in [0.5, 0.6) is 5.75 Å². The minimum Gasteiger partial charge on any atom is -0.492 e. The van der Waals surface area contributed by atoms with Crippen molar-refractivity contribution < 1.29 is 14.8 Å². The quantitative estimate of drug-likeness (QED) is 0.734. The molecule has 21 heavy (non-hydrogen) atoms. The van der Waals surface area contributed by atoms with Crippen LogP contribution in [-0.4, -0.2) is 72.3 Å². The average molecular weight is 292 g/mol. The molecule has 1 aliphatic rings. The van der Waals surface area contributed by atoms with Crippen LogP contribution in [0.25, 0.3) is 0 Å². The molecule has 2 rings (SSSR count). The van der Waals surface area contributed by atoms with E-state index in [1.807, 2.05) is 0 Å². The van der Waals surface area contributed by atoms with Gasteiger partial charge in [-0.1, -0.05) is 12.1 Å². The van der Waals surface area contributed by atoms with Crippen molar-refractivity contribution in [1.82, 2.24) is 9.80 Å². The lowest BCUT2D eigenvalue weighted by molar-refractivity contribution is 0.0522. The first-order valence-electron chi connectivity index (χ1n) is 7.50. The summed E-state index contributed by atoms with van der Waals surface area (Å²) in [5.41, 5.74) is 0.476. The second-order valence-corrected chi connectivity index (χ2v) is 5.91. The van der Waals surface area contributed by atoms with Crippen LogP contribution in [0.15, 0.2) is 24.3 Å². The van der Waals surface area contributed by atoms with E-state index in [9.17, 15) is 0 Å². The number of benzene rings is 1. The molecule has 1 aromatic rings. The van der Waals surface area contributed by atoms with E-state index in [1.54, 1.807) is 24.3 Å². The number of hydrogen-bond acceptors (Lipinski definition) is 5. The summed E-state index contributed by atoms with van der Waals surface area (Å²) < 4.78 is 5.72. The van der Waals surface area contributed by atoms with Gasteiger partial charge in [-0.15, -0.1) is 0 Å². The van der Waals surface area contributed by atoms with E-state index in [0.717, 1.165) is 25.4 Å². The third-order valence-electron chi connectivity index (χ3n) is 4.29. The van der Waals surface area contributed by atoms with E-state index in [4.69, 9.17) is 14.8 Å². The first kappa shape index (κ1) is 16.3. The number of rotatable bonds is 5. The molecule has 2 unspecified atom stereocenters. The fourth-order valence-electron chi connectivity index (χ4n) is 2.73. The molecule has 5 nitrogen and oxygen atoms in total. The first-order valence-corrected chi connectivity index (χ1v) is 7.50. The topological polar surface area (TPSA) is 56.2 Å². The molecule has 0 radical (unpaired) electrons. The van der Waals surface area contributed by atoms with Gasteiger partial charge in [0.25, 0.3) is 0 Å². The van der Waals surface area contributed by atoms with Crippen LogP contribution in [0.1, 0.15) is 13.8 Å². The van der Waals surface area contributed by atoms with Crippen molar-refractivity contribution >= 4 is 12.6 Å². The summed E-state index contributed by atoms with van der Waals surface area (Å²) in [5.74, 6) is 0.759. The number of likely N-dealkylation sites (N-methyl/N-ethyl adjacent to an activating group) is 1. The van der Waals surface area contributed by atoms with Gasteiger partial charge in [-0.2, -0.15) is 0 Å². The lowest BCUT2D eigenvalue weighted by Crippen LogP contribution is -2.55. The lowest BCUT2D eigenvalue weighted by Gasteiger charge is -2.42. The summed E-state index contributed by atoms with van der Waals surface area (Å²) in [7, 11) is 0.757. The molecular weight excluding hydrogens is 267 g/mol. The molecule has 1 heterocycles. The molecule has 0 saturated carbocycles. The molecular formula is C15H25BN2O3. The molecule has 2 atom stereocenters. The van der Waals surface area contributed by atoms with Gasteiger partial charge in [-0.05, 0) is 38.5 Å². The Morgan fingerprint density at radius 3 is 2.24 bits per heavy atom. The summed E-state index contributed by atoms with van der Waals surface area (Å²) in [5, 5.41) is 18.1. The molecule has 1 fully saturated rings. The zero-order valence-corrected chi connectivity index (χ0v) is 13.1. The standard InChI is InChI=1S/C15H25BN2O3/c1-12-10-18(11-13(2)17(12)3)8-9-21-15-6-4-14(5-7-15)16(19)20/h4-7,12-13,19-20H,8-11H2,1-3H3. The third-order valence-corrected chi connectivity index (χ3v) is 4.29. The van der Waals surface area contributed by atoms with Gasteiger partial charge in [-0.25, -0.2) is 0 Å². The molecule has 0 aliphatic carbocycles. The third kappa shape index (κ3) is 4.44. The highest BCUT2D eigenvalue weighted by atomic mass is 16.5. The molecule has 1 aromatic carbocycles. The molecule has 1 saturated heterocycles. The largest absolute Gasteiger partial charge is 0.492 e. The number of nitrogens with zero attached hydrogens (tertiary/aromatic N) is 2. The SMILES string of the molecule is CC1CN(CCOc2ccc(B(O)O)cc2)CC(C)N1C. The molecule has 2 N–H and O–H groups in total. The highest BCUT2D eigenvalue weighted by Crippen LogP contribution is 2.13. The highest BCUT2D eigenvalue weighted by Gasteiger charge is 2.25. The van der Waals surface area contributed by atoms with Crippen molar-refractivity contribution in [2.24, 2.45) is 0 Å². The molecule has 0 spiro atoms. The van der Waals surface area contributed by atoms with E-state index in [2.05, 4.69) is 30.7 Å². The molecule has 1 aliphatic heterocycles. The van der Waals surface area contributed by atoms with Crippen LogP contribution in [0.3, 0.4) is 0 Å². The maximum Gasteiger partial charge on any atom is 0.488 e. The Labute approximate surface area is 127 Å². The summed E-state index contributed by atoms with van der Waals surface area (Å²) in [6.07, 6.45) is 0. The van der Waals surface area contributed by atoms with E-state index < -0.39 is 7.12 Å². The van der Waals surface area contributed by atoms with Gasteiger partial charge in [0.2, 0.25) is 0 Å². The van der Waals surface area contributed by atoms with Crippen molar-refractivity contribution in [3.63, 3.8) is 0 Å². The van der Waals surface area contributed by atoms with Crippen LogP contribution in [0, 0.1) is 0 Å². The summed E-state index contributed by atoms with van der Waals surface area (Å²) in [4.78, 5) is 4.84. The van der Waals surface area contributed by atoms with Crippen LogP contribution >= 0.6 is 0 Å². The van der Waals surface area contributed by atoms with Gasteiger partial charge in [-0.3, -0.25) is 9.80 Å². The van der Waals surface area contributed by atoms with Crippen molar-refractivity contribution in [3.05, 3.63) is 24.3 Å². The van der Waals surface area contributed by atoms with E-state index in [0.29, 0.717) is 24.2 Å². The van der Waals surface area contributed by atoms with Gasteiger partial charge >= 0.3 is 7.12 Å². The van der Waals surface area contributed by atoms with Gasteiger partial charge in [0.15, 0.2) is 0 Å². The minimum atomic E-state index is -1.42. The fraction of sp³-hybridized carbons (Fsp3) is 0.600. The van der Waals surface area contributed by atoms with E-state index in [1.165, 1.54) is 0 Å². The number of piperazine rings is 1. The Kier molecular flexibility index (Phi) is 5.64. The molecule has 0 aromatic heterocycles. The predicted molar refractivity (Wildman–Crippen MR) is 84.9 cm³/mol. The van der Waals surface area contributed by atoms with Gasteiger partial charge in [0, 0.05) is 31.7 Å². The molecule has 6 heteroatoms. The molecule has 0 bridgehead atoms. The second kappa shape index (κ2) is 7.27. The Bertz CT molecular complexity index is 429. The zero-order valence-electron chi connectivity index (χ0n) is 13.1. The van der Waals surface area contributed by atoms with Gasteiger partial charge < -0.3 is 14.8 Å². The monoisotopic (exact) mass is 292 g/mol. The van der Waals surface area contributed by atoms with E-state index in [-0.39, 0.29) is 0 Å². The van der Waals surface area contributed by atoms with Crippen LogP contribution in [-0.2, 0) is 0 Å². The smallest absolute Gasteiger partial charge is 0.488 e. The Balaban J connectivity index is 1.76.